The van der Waals surface area contributed by atoms with Gasteiger partial charge in [-0.15, -0.1) is 0 Å². The van der Waals surface area contributed by atoms with E-state index in [9.17, 15) is 14.7 Å². The van der Waals surface area contributed by atoms with Crippen LogP contribution < -0.4 is 10.1 Å². The highest BCUT2D eigenvalue weighted by molar-refractivity contribution is 5.99. The first kappa shape index (κ1) is 18.3. The number of hydrogen-bond donors (Lipinski definition) is 2. The van der Waals surface area contributed by atoms with Gasteiger partial charge in [-0.1, -0.05) is 26.0 Å². The predicted molar refractivity (Wildman–Crippen MR) is 90.9 cm³/mol. The first-order valence-corrected chi connectivity index (χ1v) is 8.34. The average molecular weight is 334 g/mol. The first-order chi connectivity index (χ1) is 11.4. The molecule has 1 aromatic carbocycles. The van der Waals surface area contributed by atoms with Crippen LogP contribution in [-0.2, 0) is 4.79 Å². The van der Waals surface area contributed by atoms with Gasteiger partial charge in [0, 0.05) is 13.1 Å². The molecule has 1 atom stereocenters. The number of rotatable bonds is 5. The molecule has 0 radical (unpaired) electrons. The Labute approximate surface area is 142 Å². The van der Waals surface area contributed by atoms with E-state index >= 15 is 0 Å². The van der Waals surface area contributed by atoms with Gasteiger partial charge >= 0.3 is 0 Å². The van der Waals surface area contributed by atoms with Gasteiger partial charge in [0.25, 0.3) is 5.91 Å². The van der Waals surface area contributed by atoms with Crippen molar-refractivity contribution in [3.8, 4) is 5.75 Å². The number of ether oxygens (including phenoxy) is 1. The van der Waals surface area contributed by atoms with Gasteiger partial charge in [-0.2, -0.15) is 0 Å². The third-order valence-electron chi connectivity index (χ3n) is 4.35. The fraction of sp³-hybridized carbons (Fsp3) is 0.556. The van der Waals surface area contributed by atoms with Crippen LogP contribution in [0.1, 0.15) is 37.0 Å². The minimum Gasteiger partial charge on any atom is -0.496 e. The maximum Gasteiger partial charge on any atom is 0.255 e. The molecule has 2 rings (SSSR count). The number of para-hydroxylation sites is 1. The number of hydrogen-bond acceptors (Lipinski definition) is 4. The van der Waals surface area contributed by atoms with Gasteiger partial charge in [0.2, 0.25) is 5.91 Å². The number of aliphatic hydroxyl groups excluding tert-OH is 1. The smallest absolute Gasteiger partial charge is 0.255 e. The second-order valence-electron chi connectivity index (χ2n) is 6.45. The molecule has 0 aliphatic carbocycles. The second kappa shape index (κ2) is 8.15. The fourth-order valence-electron chi connectivity index (χ4n) is 2.85. The van der Waals surface area contributed by atoms with Crippen molar-refractivity contribution >= 4 is 11.8 Å². The van der Waals surface area contributed by atoms with E-state index < -0.39 is 6.04 Å². The molecular weight excluding hydrogens is 308 g/mol. The van der Waals surface area contributed by atoms with Crippen molar-refractivity contribution in [3.05, 3.63) is 29.8 Å². The maximum absolute atomic E-state index is 12.8. The number of carbonyl (C=O) groups is 2. The summed E-state index contributed by atoms with van der Waals surface area (Å²) in [6, 6.07) is 6.34. The lowest BCUT2D eigenvalue weighted by molar-refractivity contribution is -0.136. The van der Waals surface area contributed by atoms with Gasteiger partial charge in [0.15, 0.2) is 0 Å². The summed E-state index contributed by atoms with van der Waals surface area (Å²) < 4.78 is 5.21. The van der Waals surface area contributed by atoms with Crippen LogP contribution in [0.4, 0.5) is 0 Å². The molecule has 1 saturated heterocycles. The van der Waals surface area contributed by atoms with Gasteiger partial charge in [-0.3, -0.25) is 9.59 Å². The fourth-order valence-corrected chi connectivity index (χ4v) is 2.85. The van der Waals surface area contributed by atoms with Crippen LogP contribution in [0.5, 0.6) is 5.75 Å². The summed E-state index contributed by atoms with van der Waals surface area (Å²) in [5, 5.41) is 12.4. The molecule has 6 heteroatoms. The number of piperidine rings is 1. The van der Waals surface area contributed by atoms with E-state index in [2.05, 4.69) is 5.32 Å². The number of methoxy groups -OCH3 is 1. The van der Waals surface area contributed by atoms with Crippen molar-refractivity contribution in [3.63, 3.8) is 0 Å². The molecule has 1 aliphatic heterocycles. The van der Waals surface area contributed by atoms with Crippen LogP contribution >= 0.6 is 0 Å². The second-order valence-corrected chi connectivity index (χ2v) is 6.45. The SMILES string of the molecule is COc1ccccc1C(=O)NC(C(=O)N1CCC(O)CC1)C(C)C. The van der Waals surface area contributed by atoms with E-state index in [4.69, 9.17) is 4.74 Å². The Morgan fingerprint density at radius 1 is 1.25 bits per heavy atom. The molecule has 2 amide bonds. The Balaban J connectivity index is 2.10. The average Bonchev–Trinajstić information content (AvgIpc) is 2.59. The molecule has 6 nitrogen and oxygen atoms in total. The summed E-state index contributed by atoms with van der Waals surface area (Å²) in [6.45, 7) is 4.86. The third-order valence-corrected chi connectivity index (χ3v) is 4.35. The van der Waals surface area contributed by atoms with E-state index in [1.165, 1.54) is 7.11 Å². The molecule has 0 bridgehead atoms. The summed E-state index contributed by atoms with van der Waals surface area (Å²) in [4.78, 5) is 27.1. The lowest BCUT2D eigenvalue weighted by atomic mass is 10.00. The number of amides is 2. The molecule has 1 heterocycles. The third kappa shape index (κ3) is 4.26. The highest BCUT2D eigenvalue weighted by Gasteiger charge is 2.31. The Kier molecular flexibility index (Phi) is 6.20. The molecule has 1 unspecified atom stereocenters. The monoisotopic (exact) mass is 334 g/mol. The molecule has 1 aromatic rings. The van der Waals surface area contributed by atoms with Crippen LogP contribution in [0.25, 0.3) is 0 Å². The Bertz CT molecular complexity index is 580. The van der Waals surface area contributed by atoms with Gasteiger partial charge in [0.1, 0.15) is 11.8 Å². The highest BCUT2D eigenvalue weighted by Crippen LogP contribution is 2.19. The molecule has 0 saturated carbocycles. The van der Waals surface area contributed by atoms with Crippen molar-refractivity contribution in [1.29, 1.82) is 0 Å². The van der Waals surface area contributed by atoms with Crippen molar-refractivity contribution in [2.24, 2.45) is 5.92 Å². The molecule has 1 fully saturated rings. The quantitative estimate of drug-likeness (QED) is 0.854. The first-order valence-electron chi connectivity index (χ1n) is 8.34. The molecule has 1 aliphatic rings. The Hall–Kier alpha value is -2.08. The van der Waals surface area contributed by atoms with Gasteiger partial charge in [0.05, 0.1) is 18.8 Å². The van der Waals surface area contributed by atoms with Gasteiger partial charge in [-0.05, 0) is 30.9 Å². The van der Waals surface area contributed by atoms with E-state index in [0.29, 0.717) is 37.2 Å². The van der Waals surface area contributed by atoms with Crippen LogP contribution in [0, 0.1) is 5.92 Å². The van der Waals surface area contributed by atoms with Crippen molar-refractivity contribution in [1.82, 2.24) is 10.2 Å². The lowest BCUT2D eigenvalue weighted by Crippen LogP contribution is -2.53. The van der Waals surface area contributed by atoms with Crippen LogP contribution in [-0.4, -0.2) is 54.2 Å². The summed E-state index contributed by atoms with van der Waals surface area (Å²) in [5.74, 6) is 0.0192. The van der Waals surface area contributed by atoms with E-state index in [-0.39, 0.29) is 23.8 Å². The number of likely N-dealkylation sites (tertiary alicyclic amines) is 1. The largest absolute Gasteiger partial charge is 0.496 e. The minimum atomic E-state index is -0.599. The molecule has 2 N–H and O–H groups in total. The van der Waals surface area contributed by atoms with Crippen LogP contribution in [0.15, 0.2) is 24.3 Å². The number of nitrogens with zero attached hydrogens (tertiary/aromatic N) is 1. The predicted octanol–water partition coefficient (Wildman–Crippen LogP) is 1.43. The van der Waals surface area contributed by atoms with E-state index in [1.807, 2.05) is 13.8 Å². The number of aliphatic hydroxyl groups is 1. The van der Waals surface area contributed by atoms with Crippen LogP contribution in [0.3, 0.4) is 0 Å². The van der Waals surface area contributed by atoms with E-state index in [0.717, 1.165) is 0 Å². The summed E-state index contributed by atoms with van der Waals surface area (Å²) >= 11 is 0. The number of nitrogens with one attached hydrogen (secondary N) is 1. The Morgan fingerprint density at radius 3 is 2.46 bits per heavy atom. The zero-order valence-corrected chi connectivity index (χ0v) is 14.5. The molecule has 0 aromatic heterocycles. The Morgan fingerprint density at radius 2 is 1.88 bits per heavy atom. The molecule has 24 heavy (non-hydrogen) atoms. The van der Waals surface area contributed by atoms with Gasteiger partial charge < -0.3 is 20.1 Å². The summed E-state index contributed by atoms with van der Waals surface area (Å²) in [7, 11) is 1.51. The number of carbonyl (C=O) groups excluding carboxylic acids is 2. The minimum absolute atomic E-state index is 0.0389. The lowest BCUT2D eigenvalue weighted by Gasteiger charge is -2.34. The van der Waals surface area contributed by atoms with Crippen LogP contribution in [0.2, 0.25) is 0 Å². The summed E-state index contributed by atoms with van der Waals surface area (Å²) in [6.07, 6.45) is 0.823. The summed E-state index contributed by atoms with van der Waals surface area (Å²) in [5.41, 5.74) is 0.410. The highest BCUT2D eigenvalue weighted by atomic mass is 16.5. The van der Waals surface area contributed by atoms with Crippen molar-refractivity contribution in [2.75, 3.05) is 20.2 Å². The topological polar surface area (TPSA) is 78.9 Å². The van der Waals surface area contributed by atoms with Crippen molar-refractivity contribution < 1.29 is 19.4 Å². The molecule has 0 spiro atoms. The van der Waals surface area contributed by atoms with Gasteiger partial charge in [-0.25, -0.2) is 0 Å². The maximum atomic E-state index is 12.8. The zero-order valence-electron chi connectivity index (χ0n) is 14.5. The molecule has 132 valence electrons. The molecular formula is C18H26N2O4. The van der Waals surface area contributed by atoms with E-state index in [1.54, 1.807) is 29.2 Å². The zero-order chi connectivity index (χ0) is 17.7. The number of benzene rings is 1. The van der Waals surface area contributed by atoms with Crippen molar-refractivity contribution in [2.45, 2.75) is 38.8 Å². The standard InChI is InChI=1S/C18H26N2O4/c1-12(2)16(18(23)20-10-8-13(21)9-11-20)19-17(22)14-6-4-5-7-15(14)24-3/h4-7,12-13,16,21H,8-11H2,1-3H3,(H,19,22). The normalized spacial score (nSPS) is 16.8.